The molecule has 24 heavy (non-hydrogen) atoms. The summed E-state index contributed by atoms with van der Waals surface area (Å²) in [5.74, 6) is 0.414. The topological polar surface area (TPSA) is 49.4 Å². The highest BCUT2D eigenvalue weighted by molar-refractivity contribution is 6.01. The third kappa shape index (κ3) is 3.33. The van der Waals surface area contributed by atoms with Gasteiger partial charge in [0.15, 0.2) is 0 Å². The maximum Gasteiger partial charge on any atom is 0.227 e. The van der Waals surface area contributed by atoms with Gasteiger partial charge in [0.2, 0.25) is 11.8 Å². The second-order valence-corrected chi connectivity index (χ2v) is 7.50. The Morgan fingerprint density at radius 2 is 1.96 bits per heavy atom. The third-order valence-corrected chi connectivity index (χ3v) is 5.80. The summed E-state index contributed by atoms with van der Waals surface area (Å²) in [6.45, 7) is 6.80. The SMILES string of the molecule is Cc1cccc(N2C[C@H](C(=O)N[C@@H]3CCCC[C@H]3C)CC2=O)c1C. The minimum absolute atomic E-state index is 0.0508. The molecule has 0 bridgehead atoms. The van der Waals surface area contributed by atoms with E-state index in [1.807, 2.05) is 32.0 Å². The second kappa shape index (κ2) is 6.96. The molecular formula is C20H28N2O2. The molecule has 4 nitrogen and oxygen atoms in total. The van der Waals surface area contributed by atoms with Gasteiger partial charge in [-0.25, -0.2) is 0 Å². The Bertz CT molecular complexity index is 641. The molecule has 3 rings (SSSR count). The number of carbonyl (C=O) groups excluding carboxylic acids is 2. The molecular weight excluding hydrogens is 300 g/mol. The normalized spacial score (nSPS) is 27.4. The fourth-order valence-electron chi connectivity index (χ4n) is 3.98. The maximum atomic E-state index is 12.6. The van der Waals surface area contributed by atoms with Crippen molar-refractivity contribution in [3.8, 4) is 0 Å². The lowest BCUT2D eigenvalue weighted by atomic mass is 9.85. The van der Waals surface area contributed by atoms with Crippen LogP contribution in [0, 0.1) is 25.7 Å². The molecule has 1 N–H and O–H groups in total. The van der Waals surface area contributed by atoms with E-state index in [0.29, 0.717) is 18.9 Å². The largest absolute Gasteiger partial charge is 0.353 e. The summed E-state index contributed by atoms with van der Waals surface area (Å²) >= 11 is 0. The fraction of sp³-hybridized carbons (Fsp3) is 0.600. The molecule has 4 heteroatoms. The van der Waals surface area contributed by atoms with Crippen LogP contribution in [-0.2, 0) is 9.59 Å². The maximum absolute atomic E-state index is 12.6. The van der Waals surface area contributed by atoms with E-state index in [0.717, 1.165) is 17.7 Å². The molecule has 1 heterocycles. The van der Waals surface area contributed by atoms with Crippen molar-refractivity contribution >= 4 is 17.5 Å². The number of benzene rings is 1. The molecule has 0 unspecified atom stereocenters. The quantitative estimate of drug-likeness (QED) is 0.925. The van der Waals surface area contributed by atoms with E-state index >= 15 is 0 Å². The summed E-state index contributed by atoms with van der Waals surface area (Å²) in [7, 11) is 0. The Morgan fingerprint density at radius 1 is 1.21 bits per heavy atom. The molecule has 1 aromatic rings. The van der Waals surface area contributed by atoms with E-state index in [1.54, 1.807) is 4.90 Å². The first-order valence-electron chi connectivity index (χ1n) is 9.14. The number of rotatable bonds is 3. The lowest BCUT2D eigenvalue weighted by Crippen LogP contribution is -2.44. The third-order valence-electron chi connectivity index (χ3n) is 5.80. The molecule has 1 aliphatic heterocycles. The highest BCUT2D eigenvalue weighted by Gasteiger charge is 2.37. The summed E-state index contributed by atoms with van der Waals surface area (Å²) in [5.41, 5.74) is 3.23. The zero-order chi connectivity index (χ0) is 17.3. The number of hydrogen-bond donors (Lipinski definition) is 1. The van der Waals surface area contributed by atoms with Crippen molar-refractivity contribution in [1.29, 1.82) is 0 Å². The first-order valence-corrected chi connectivity index (χ1v) is 9.14. The van der Waals surface area contributed by atoms with Gasteiger partial charge < -0.3 is 10.2 Å². The Hall–Kier alpha value is -1.84. The molecule has 2 amide bonds. The average molecular weight is 328 g/mol. The number of anilines is 1. The summed E-state index contributed by atoms with van der Waals surface area (Å²) < 4.78 is 0. The molecule has 1 saturated carbocycles. The molecule has 0 radical (unpaired) electrons. The van der Waals surface area contributed by atoms with Crippen molar-refractivity contribution in [3.05, 3.63) is 29.3 Å². The van der Waals surface area contributed by atoms with E-state index in [1.165, 1.54) is 24.8 Å². The van der Waals surface area contributed by atoms with Crippen molar-refractivity contribution in [3.63, 3.8) is 0 Å². The monoisotopic (exact) mass is 328 g/mol. The summed E-state index contributed by atoms with van der Waals surface area (Å²) in [5, 5.41) is 3.21. The molecule has 3 atom stereocenters. The first-order chi connectivity index (χ1) is 11.5. The number of carbonyl (C=O) groups is 2. The Labute approximate surface area is 144 Å². The Morgan fingerprint density at radius 3 is 2.71 bits per heavy atom. The highest BCUT2D eigenvalue weighted by atomic mass is 16.2. The van der Waals surface area contributed by atoms with Crippen LogP contribution >= 0.6 is 0 Å². The number of hydrogen-bond acceptors (Lipinski definition) is 2. The first kappa shape index (κ1) is 17.0. The van der Waals surface area contributed by atoms with E-state index in [4.69, 9.17) is 0 Å². The van der Waals surface area contributed by atoms with Crippen LogP contribution in [0.2, 0.25) is 0 Å². The summed E-state index contributed by atoms with van der Waals surface area (Å²) in [4.78, 5) is 26.9. The molecule has 1 saturated heterocycles. The number of aryl methyl sites for hydroxylation is 1. The lowest BCUT2D eigenvalue weighted by Gasteiger charge is -2.30. The smallest absolute Gasteiger partial charge is 0.227 e. The Balaban J connectivity index is 1.68. The molecule has 1 aromatic carbocycles. The van der Waals surface area contributed by atoms with E-state index in [9.17, 15) is 9.59 Å². The minimum Gasteiger partial charge on any atom is -0.353 e. The molecule has 130 valence electrons. The second-order valence-electron chi connectivity index (χ2n) is 7.50. The van der Waals surface area contributed by atoms with Crippen molar-refractivity contribution in [2.75, 3.05) is 11.4 Å². The minimum atomic E-state index is -0.230. The van der Waals surface area contributed by atoms with E-state index < -0.39 is 0 Å². The Kier molecular flexibility index (Phi) is 4.93. The average Bonchev–Trinajstić information content (AvgIpc) is 2.94. The van der Waals surface area contributed by atoms with Gasteiger partial charge in [-0.3, -0.25) is 9.59 Å². The molecule has 2 fully saturated rings. The molecule has 0 spiro atoms. The predicted molar refractivity (Wildman–Crippen MR) is 95.9 cm³/mol. The van der Waals surface area contributed by atoms with Crippen LogP contribution < -0.4 is 10.2 Å². The molecule has 0 aromatic heterocycles. The van der Waals surface area contributed by atoms with Gasteiger partial charge in [0.25, 0.3) is 0 Å². The van der Waals surface area contributed by atoms with Crippen LogP contribution in [0.15, 0.2) is 18.2 Å². The molecule has 2 aliphatic rings. The lowest BCUT2D eigenvalue weighted by molar-refractivity contribution is -0.127. The summed E-state index contributed by atoms with van der Waals surface area (Å²) in [6, 6.07) is 6.27. The van der Waals surface area contributed by atoms with Gasteiger partial charge in [-0.1, -0.05) is 31.9 Å². The van der Waals surface area contributed by atoms with Crippen molar-refractivity contribution < 1.29 is 9.59 Å². The van der Waals surface area contributed by atoms with Crippen molar-refractivity contribution in [2.45, 2.75) is 58.9 Å². The van der Waals surface area contributed by atoms with Gasteiger partial charge in [0.1, 0.15) is 0 Å². The van der Waals surface area contributed by atoms with E-state index in [2.05, 4.69) is 12.2 Å². The van der Waals surface area contributed by atoms with Crippen molar-refractivity contribution in [2.24, 2.45) is 11.8 Å². The zero-order valence-electron chi connectivity index (χ0n) is 15.0. The molecule has 1 aliphatic carbocycles. The number of nitrogens with one attached hydrogen (secondary N) is 1. The standard InChI is InChI=1S/C20H28N2O2/c1-13-8-6-10-18(15(13)3)22-12-16(11-19(22)23)20(24)21-17-9-5-4-7-14(17)2/h6,8,10,14,16-17H,4-5,7,9,11-12H2,1-3H3,(H,21,24)/t14-,16-,17-/m1/s1. The van der Waals surface area contributed by atoms with Gasteiger partial charge in [0, 0.05) is 24.7 Å². The van der Waals surface area contributed by atoms with Crippen LogP contribution in [0.3, 0.4) is 0 Å². The summed E-state index contributed by atoms with van der Waals surface area (Å²) in [6.07, 6.45) is 5.01. The van der Waals surface area contributed by atoms with Crippen LogP contribution in [-0.4, -0.2) is 24.4 Å². The number of nitrogens with zero attached hydrogens (tertiary/aromatic N) is 1. The van der Waals surface area contributed by atoms with Crippen LogP contribution in [0.4, 0.5) is 5.69 Å². The zero-order valence-corrected chi connectivity index (χ0v) is 15.0. The van der Waals surface area contributed by atoms with Gasteiger partial charge in [-0.15, -0.1) is 0 Å². The predicted octanol–water partition coefficient (Wildman–Crippen LogP) is 3.35. The van der Waals surface area contributed by atoms with Crippen LogP contribution in [0.5, 0.6) is 0 Å². The highest BCUT2D eigenvalue weighted by Crippen LogP contribution is 2.30. The van der Waals surface area contributed by atoms with Crippen LogP contribution in [0.1, 0.15) is 50.2 Å². The number of amides is 2. The van der Waals surface area contributed by atoms with E-state index in [-0.39, 0.29) is 23.8 Å². The van der Waals surface area contributed by atoms with Gasteiger partial charge in [0.05, 0.1) is 5.92 Å². The van der Waals surface area contributed by atoms with Gasteiger partial charge in [-0.2, -0.15) is 0 Å². The van der Waals surface area contributed by atoms with Crippen LogP contribution in [0.25, 0.3) is 0 Å². The van der Waals surface area contributed by atoms with Gasteiger partial charge >= 0.3 is 0 Å². The fourth-order valence-corrected chi connectivity index (χ4v) is 3.98. The van der Waals surface area contributed by atoms with Gasteiger partial charge in [-0.05, 0) is 49.8 Å². The van der Waals surface area contributed by atoms with Crippen molar-refractivity contribution in [1.82, 2.24) is 5.32 Å².